The van der Waals surface area contributed by atoms with Crippen LogP contribution in [0.1, 0.15) is 26.5 Å². The van der Waals surface area contributed by atoms with Gasteiger partial charge in [-0.15, -0.1) is 0 Å². The zero-order chi connectivity index (χ0) is 13.7. The van der Waals surface area contributed by atoms with Crippen LogP contribution in [0.15, 0.2) is 21.4 Å². The minimum Gasteiger partial charge on any atom is -0.356 e. The number of aromatic amines is 1. The number of rotatable bonds is 0. The van der Waals surface area contributed by atoms with Crippen LogP contribution in [-0.2, 0) is 5.41 Å². The van der Waals surface area contributed by atoms with Gasteiger partial charge in [-0.25, -0.2) is 0 Å². The molecule has 0 aliphatic rings. The Kier molecular flexibility index (Phi) is 3.52. The van der Waals surface area contributed by atoms with Crippen molar-refractivity contribution in [2.24, 2.45) is 0 Å². The number of aromatic nitrogens is 1. The monoisotopic (exact) mass is 347 g/mol. The molecule has 1 N–H and O–H groups in total. The average molecular weight is 349 g/mol. The van der Waals surface area contributed by atoms with Crippen LogP contribution in [0.5, 0.6) is 0 Å². The standard InChI is InChI=1S/C13H12BrCl2NO/c1-13(2,3)9-5-8(18)6-4-7(14)10(15)11(16)12(6)17-9/h4-5H,1-3H3,(H,17,18). The van der Waals surface area contributed by atoms with Crippen molar-refractivity contribution in [2.45, 2.75) is 26.2 Å². The van der Waals surface area contributed by atoms with Gasteiger partial charge in [-0.2, -0.15) is 0 Å². The molecule has 0 saturated carbocycles. The first kappa shape index (κ1) is 13.9. The van der Waals surface area contributed by atoms with E-state index < -0.39 is 0 Å². The number of hydrogen-bond acceptors (Lipinski definition) is 1. The number of fused-ring (bicyclic) bond motifs is 1. The molecule has 18 heavy (non-hydrogen) atoms. The molecular formula is C13H12BrCl2NO. The van der Waals surface area contributed by atoms with Crippen LogP contribution in [0.2, 0.25) is 10.0 Å². The van der Waals surface area contributed by atoms with E-state index in [4.69, 9.17) is 23.2 Å². The second kappa shape index (κ2) is 4.55. The van der Waals surface area contributed by atoms with Crippen molar-refractivity contribution in [3.8, 4) is 0 Å². The minimum absolute atomic E-state index is 0.0621. The molecule has 2 aromatic rings. The summed E-state index contributed by atoms with van der Waals surface area (Å²) in [6.45, 7) is 6.08. The van der Waals surface area contributed by atoms with E-state index in [1.807, 2.05) is 20.8 Å². The lowest BCUT2D eigenvalue weighted by atomic mass is 9.91. The Morgan fingerprint density at radius 2 is 1.78 bits per heavy atom. The number of nitrogens with one attached hydrogen (secondary N) is 1. The quantitative estimate of drug-likeness (QED) is 0.675. The maximum absolute atomic E-state index is 12.1. The van der Waals surface area contributed by atoms with Gasteiger partial charge in [0, 0.05) is 27.0 Å². The summed E-state index contributed by atoms with van der Waals surface area (Å²) in [5, 5.41) is 1.30. The van der Waals surface area contributed by atoms with E-state index >= 15 is 0 Å². The lowest BCUT2D eigenvalue weighted by Crippen LogP contribution is -2.17. The molecule has 0 aliphatic carbocycles. The molecule has 5 heteroatoms. The van der Waals surface area contributed by atoms with Crippen molar-refractivity contribution in [3.05, 3.63) is 42.6 Å². The summed E-state index contributed by atoms with van der Waals surface area (Å²) in [7, 11) is 0. The summed E-state index contributed by atoms with van der Waals surface area (Å²) in [4.78, 5) is 15.3. The van der Waals surface area contributed by atoms with Gasteiger partial charge in [-0.1, -0.05) is 44.0 Å². The van der Waals surface area contributed by atoms with Gasteiger partial charge < -0.3 is 4.98 Å². The highest BCUT2D eigenvalue weighted by Gasteiger charge is 2.18. The fourth-order valence-electron chi connectivity index (χ4n) is 1.70. The highest BCUT2D eigenvalue weighted by molar-refractivity contribution is 9.10. The Morgan fingerprint density at radius 1 is 1.17 bits per heavy atom. The van der Waals surface area contributed by atoms with Crippen LogP contribution in [0.4, 0.5) is 0 Å². The van der Waals surface area contributed by atoms with Gasteiger partial charge in [0.1, 0.15) is 0 Å². The largest absolute Gasteiger partial charge is 0.356 e. The lowest BCUT2D eigenvalue weighted by Gasteiger charge is -2.19. The van der Waals surface area contributed by atoms with Crippen molar-refractivity contribution >= 4 is 50.0 Å². The predicted octanol–water partition coefficient (Wildman–Crippen LogP) is 4.89. The molecule has 96 valence electrons. The smallest absolute Gasteiger partial charge is 0.189 e. The molecule has 0 aliphatic heterocycles. The Hall–Kier alpha value is -0.510. The SMILES string of the molecule is CC(C)(C)c1cc(=O)c2cc(Br)c(Cl)c(Cl)c2[nH]1. The van der Waals surface area contributed by atoms with Crippen molar-refractivity contribution in [3.63, 3.8) is 0 Å². The molecule has 2 rings (SSSR count). The summed E-state index contributed by atoms with van der Waals surface area (Å²) in [5.41, 5.74) is 1.20. The zero-order valence-corrected chi connectivity index (χ0v) is 13.3. The highest BCUT2D eigenvalue weighted by atomic mass is 79.9. The third-order valence-corrected chi connectivity index (χ3v) is 4.49. The van der Waals surface area contributed by atoms with Crippen LogP contribution >= 0.6 is 39.1 Å². The lowest BCUT2D eigenvalue weighted by molar-refractivity contribution is 0.571. The Balaban J connectivity index is 2.93. The van der Waals surface area contributed by atoms with Gasteiger partial charge in [-0.05, 0) is 22.0 Å². The molecule has 1 aromatic carbocycles. The molecule has 0 radical (unpaired) electrons. The van der Waals surface area contributed by atoms with Crippen LogP contribution in [0.25, 0.3) is 10.9 Å². The van der Waals surface area contributed by atoms with Crippen LogP contribution in [0.3, 0.4) is 0 Å². The van der Waals surface area contributed by atoms with Crippen molar-refractivity contribution in [1.82, 2.24) is 4.98 Å². The zero-order valence-electron chi connectivity index (χ0n) is 10.2. The number of halogens is 3. The van der Waals surface area contributed by atoms with E-state index in [2.05, 4.69) is 20.9 Å². The van der Waals surface area contributed by atoms with Crippen LogP contribution < -0.4 is 5.43 Å². The summed E-state index contributed by atoms with van der Waals surface area (Å²) in [6.07, 6.45) is 0. The van der Waals surface area contributed by atoms with E-state index in [0.29, 0.717) is 25.4 Å². The van der Waals surface area contributed by atoms with Gasteiger partial charge in [0.2, 0.25) is 0 Å². The van der Waals surface area contributed by atoms with Gasteiger partial charge in [0.15, 0.2) is 5.43 Å². The molecular weight excluding hydrogens is 337 g/mol. The summed E-state index contributed by atoms with van der Waals surface area (Å²) in [6, 6.07) is 3.30. The molecule has 1 aromatic heterocycles. The minimum atomic E-state index is -0.157. The molecule has 0 spiro atoms. The molecule has 0 fully saturated rings. The number of hydrogen-bond donors (Lipinski definition) is 1. The van der Waals surface area contributed by atoms with Gasteiger partial charge in [0.05, 0.1) is 15.6 Å². The third kappa shape index (κ3) is 2.31. The van der Waals surface area contributed by atoms with Gasteiger partial charge in [0.25, 0.3) is 0 Å². The van der Waals surface area contributed by atoms with E-state index in [1.165, 1.54) is 0 Å². The first-order chi connectivity index (χ1) is 8.21. The second-order valence-corrected chi connectivity index (χ2v) is 6.82. The second-order valence-electron chi connectivity index (χ2n) is 5.21. The Morgan fingerprint density at radius 3 is 2.33 bits per heavy atom. The van der Waals surface area contributed by atoms with Crippen molar-refractivity contribution in [1.29, 1.82) is 0 Å². The van der Waals surface area contributed by atoms with Crippen molar-refractivity contribution in [2.75, 3.05) is 0 Å². The fourth-order valence-corrected chi connectivity index (χ4v) is 2.64. The molecule has 0 atom stereocenters. The molecule has 1 heterocycles. The predicted molar refractivity (Wildman–Crippen MR) is 81.0 cm³/mol. The van der Waals surface area contributed by atoms with Gasteiger partial charge >= 0.3 is 0 Å². The first-order valence-corrected chi connectivity index (χ1v) is 6.97. The number of pyridine rings is 1. The number of benzene rings is 1. The summed E-state index contributed by atoms with van der Waals surface area (Å²) >= 11 is 15.6. The van der Waals surface area contributed by atoms with Crippen LogP contribution in [-0.4, -0.2) is 4.98 Å². The third-order valence-electron chi connectivity index (χ3n) is 2.77. The van der Waals surface area contributed by atoms with E-state index in [9.17, 15) is 4.79 Å². The molecule has 2 nitrogen and oxygen atoms in total. The molecule has 0 amide bonds. The molecule has 0 unspecified atom stereocenters. The van der Waals surface area contributed by atoms with E-state index in [-0.39, 0.29) is 10.8 Å². The normalized spacial score (nSPS) is 12.1. The maximum Gasteiger partial charge on any atom is 0.189 e. The van der Waals surface area contributed by atoms with Crippen LogP contribution in [0, 0.1) is 0 Å². The topological polar surface area (TPSA) is 32.9 Å². The summed E-state index contributed by atoms with van der Waals surface area (Å²) < 4.78 is 0.621. The van der Waals surface area contributed by atoms with E-state index in [0.717, 1.165) is 5.69 Å². The van der Waals surface area contributed by atoms with E-state index in [1.54, 1.807) is 12.1 Å². The van der Waals surface area contributed by atoms with Crippen molar-refractivity contribution < 1.29 is 0 Å². The van der Waals surface area contributed by atoms with Gasteiger partial charge in [-0.3, -0.25) is 4.79 Å². The Labute approximate surface area is 123 Å². The average Bonchev–Trinajstić information content (AvgIpc) is 2.26. The summed E-state index contributed by atoms with van der Waals surface area (Å²) in [5.74, 6) is 0. The molecule has 0 bridgehead atoms. The highest BCUT2D eigenvalue weighted by Crippen LogP contribution is 2.35. The number of H-pyrrole nitrogens is 1. The fraction of sp³-hybridized carbons (Fsp3) is 0.308. The maximum atomic E-state index is 12.1. The molecule has 0 saturated heterocycles. The Bertz CT molecular complexity index is 686. The first-order valence-electron chi connectivity index (χ1n) is 5.43.